The van der Waals surface area contributed by atoms with Gasteiger partial charge in [-0.15, -0.1) is 11.3 Å². The van der Waals surface area contributed by atoms with Gasteiger partial charge in [-0.05, 0) is 61.4 Å². The number of aromatic nitrogens is 1. The van der Waals surface area contributed by atoms with E-state index in [9.17, 15) is 4.79 Å². The van der Waals surface area contributed by atoms with Crippen LogP contribution in [0.4, 0.5) is 5.13 Å². The zero-order valence-electron chi connectivity index (χ0n) is 19.4. The maximum absolute atomic E-state index is 13.5. The second-order valence-corrected chi connectivity index (χ2v) is 10.9. The Bertz CT molecular complexity index is 1260. The molecule has 1 amide bonds. The van der Waals surface area contributed by atoms with Crippen LogP contribution in [0.3, 0.4) is 0 Å². The molecule has 0 spiro atoms. The number of hydrogen-bond acceptors (Lipinski definition) is 6. The van der Waals surface area contributed by atoms with E-state index in [-0.39, 0.29) is 11.9 Å². The summed E-state index contributed by atoms with van der Waals surface area (Å²) in [6.45, 7) is 2.36. The predicted molar refractivity (Wildman–Crippen MR) is 145 cm³/mol. The smallest absolute Gasteiger partial charge is 0.267 e. The van der Waals surface area contributed by atoms with E-state index in [1.165, 1.54) is 29.5 Å². The molecule has 1 saturated heterocycles. The molecule has 1 aliphatic carbocycles. The Morgan fingerprint density at radius 3 is 2.63 bits per heavy atom. The highest BCUT2D eigenvalue weighted by atomic mass is 35.5. The van der Waals surface area contributed by atoms with Gasteiger partial charge in [-0.3, -0.25) is 9.69 Å². The van der Waals surface area contributed by atoms with Crippen molar-refractivity contribution in [2.75, 3.05) is 0 Å². The number of rotatable bonds is 6. The molecule has 1 saturated carbocycles. The van der Waals surface area contributed by atoms with Crippen molar-refractivity contribution in [3.63, 3.8) is 0 Å². The Labute approximate surface area is 218 Å². The number of aliphatic imine (C=N–C) groups is 1. The van der Waals surface area contributed by atoms with Gasteiger partial charge in [0, 0.05) is 22.0 Å². The van der Waals surface area contributed by atoms with Crippen molar-refractivity contribution in [1.82, 2.24) is 9.88 Å². The summed E-state index contributed by atoms with van der Waals surface area (Å²) in [5.74, 6) is 0.788. The number of halogens is 1. The van der Waals surface area contributed by atoms with Crippen molar-refractivity contribution in [2.45, 2.75) is 51.7 Å². The molecule has 35 heavy (non-hydrogen) atoms. The van der Waals surface area contributed by atoms with Crippen LogP contribution in [-0.4, -0.2) is 27.0 Å². The number of thioether (sulfide) groups is 1. The first-order valence-corrected chi connectivity index (χ1v) is 13.8. The molecule has 1 aromatic heterocycles. The topological polar surface area (TPSA) is 54.8 Å². The first-order chi connectivity index (χ1) is 17.1. The number of ether oxygens (including phenoxy) is 1. The molecule has 2 aromatic carbocycles. The molecule has 0 radical (unpaired) electrons. The van der Waals surface area contributed by atoms with Crippen molar-refractivity contribution in [3.8, 4) is 5.75 Å². The van der Waals surface area contributed by atoms with Gasteiger partial charge < -0.3 is 4.74 Å². The summed E-state index contributed by atoms with van der Waals surface area (Å²) in [7, 11) is 0. The fourth-order valence-corrected chi connectivity index (χ4v) is 6.24. The number of nitrogens with zero attached hydrogens (tertiary/aromatic N) is 3. The predicted octanol–water partition coefficient (Wildman–Crippen LogP) is 7.62. The quantitative estimate of drug-likeness (QED) is 0.312. The van der Waals surface area contributed by atoms with E-state index in [4.69, 9.17) is 21.3 Å². The maximum Gasteiger partial charge on any atom is 0.267 e. The van der Waals surface area contributed by atoms with Crippen LogP contribution < -0.4 is 4.74 Å². The van der Waals surface area contributed by atoms with E-state index < -0.39 is 0 Å². The van der Waals surface area contributed by atoms with Gasteiger partial charge >= 0.3 is 0 Å². The van der Waals surface area contributed by atoms with Crippen molar-refractivity contribution in [1.29, 1.82) is 0 Å². The Kier molecular flexibility index (Phi) is 7.56. The van der Waals surface area contributed by atoms with Crippen LogP contribution in [0.2, 0.25) is 5.02 Å². The van der Waals surface area contributed by atoms with E-state index in [1.807, 2.05) is 71.8 Å². The zero-order chi connectivity index (χ0) is 24.2. The first kappa shape index (κ1) is 24.1. The van der Waals surface area contributed by atoms with Crippen LogP contribution in [0.5, 0.6) is 5.75 Å². The van der Waals surface area contributed by atoms with Gasteiger partial charge in [0.2, 0.25) is 5.13 Å². The van der Waals surface area contributed by atoms with E-state index in [1.54, 1.807) is 0 Å². The van der Waals surface area contributed by atoms with Gasteiger partial charge in [0.25, 0.3) is 5.91 Å². The van der Waals surface area contributed by atoms with Gasteiger partial charge in [-0.1, -0.05) is 61.2 Å². The summed E-state index contributed by atoms with van der Waals surface area (Å²) >= 11 is 9.16. The summed E-state index contributed by atoms with van der Waals surface area (Å²) in [5, 5.41) is 4.11. The third-order valence-electron chi connectivity index (χ3n) is 6.10. The molecule has 180 valence electrons. The van der Waals surface area contributed by atoms with Crippen LogP contribution in [0, 0.1) is 6.92 Å². The molecule has 2 heterocycles. The molecule has 2 aliphatic rings. The third-order valence-corrected chi connectivity index (χ3v) is 8.31. The summed E-state index contributed by atoms with van der Waals surface area (Å²) in [6, 6.07) is 15.6. The number of carbonyl (C=O) groups excluding carboxylic acids is 1. The number of thiazole rings is 1. The van der Waals surface area contributed by atoms with Crippen LogP contribution in [0.1, 0.15) is 48.9 Å². The minimum Gasteiger partial charge on any atom is -0.489 e. The summed E-state index contributed by atoms with van der Waals surface area (Å²) < 4.78 is 5.89. The molecule has 3 aromatic rings. The molecule has 2 fully saturated rings. The van der Waals surface area contributed by atoms with Gasteiger partial charge in [-0.25, -0.2) is 4.98 Å². The molecule has 0 atom stereocenters. The summed E-state index contributed by atoms with van der Waals surface area (Å²) in [6.07, 6.45) is 7.52. The number of aryl methyl sites for hydroxylation is 1. The lowest BCUT2D eigenvalue weighted by Gasteiger charge is -2.30. The minimum atomic E-state index is 0.0352. The Morgan fingerprint density at radius 1 is 1.14 bits per heavy atom. The van der Waals surface area contributed by atoms with Crippen molar-refractivity contribution < 1.29 is 9.53 Å². The Hall–Kier alpha value is -2.61. The first-order valence-electron chi connectivity index (χ1n) is 11.8. The SMILES string of the molecule is Cc1csc(/N=C2/S/C(=C\c3ccc(OCc4ccccc4Cl)cc3)C(=O)N2C2CCCCC2)n1. The number of benzene rings is 2. The highest BCUT2D eigenvalue weighted by Gasteiger charge is 2.38. The molecule has 0 unspecified atom stereocenters. The second-order valence-electron chi connectivity index (χ2n) is 8.69. The normalized spacial score (nSPS) is 19.1. The fraction of sp³-hybridized carbons (Fsp3) is 0.296. The average molecular weight is 524 g/mol. The molecule has 1 aliphatic heterocycles. The number of amidine groups is 1. The molecule has 5 rings (SSSR count). The van der Waals surface area contributed by atoms with E-state index >= 15 is 0 Å². The summed E-state index contributed by atoms with van der Waals surface area (Å²) in [4.78, 5) is 25.3. The maximum atomic E-state index is 13.5. The summed E-state index contributed by atoms with van der Waals surface area (Å²) in [5.41, 5.74) is 2.83. The molecular formula is C27H26ClN3O2S2. The number of carbonyl (C=O) groups is 1. The van der Waals surface area contributed by atoms with Gasteiger partial charge in [0.05, 0.1) is 10.6 Å². The lowest BCUT2D eigenvalue weighted by Crippen LogP contribution is -2.40. The number of hydrogen-bond donors (Lipinski definition) is 0. The molecule has 5 nitrogen and oxygen atoms in total. The highest BCUT2D eigenvalue weighted by molar-refractivity contribution is 8.18. The monoisotopic (exact) mass is 523 g/mol. The second kappa shape index (κ2) is 11.0. The molecular weight excluding hydrogens is 498 g/mol. The standard InChI is InChI=1S/C27H26ClN3O2S2/c1-18-17-34-26(29-18)30-27-31(21-8-3-2-4-9-21)25(32)24(35-27)15-19-11-13-22(14-12-19)33-16-20-7-5-6-10-23(20)28/h5-7,10-15,17,21H,2-4,8-9,16H2,1H3/b24-15-,30-27+. The van der Waals surface area contributed by atoms with Gasteiger partial charge in [0.15, 0.2) is 5.17 Å². The van der Waals surface area contributed by atoms with E-state index in [0.29, 0.717) is 21.7 Å². The van der Waals surface area contributed by atoms with Gasteiger partial charge in [-0.2, -0.15) is 4.99 Å². The van der Waals surface area contributed by atoms with E-state index in [2.05, 4.69) is 4.98 Å². The van der Waals surface area contributed by atoms with Crippen molar-refractivity contribution in [2.24, 2.45) is 4.99 Å². The molecule has 0 bridgehead atoms. The van der Waals surface area contributed by atoms with Crippen LogP contribution >= 0.6 is 34.7 Å². The van der Waals surface area contributed by atoms with Crippen molar-refractivity contribution >= 4 is 57.0 Å². The zero-order valence-corrected chi connectivity index (χ0v) is 21.8. The molecule has 8 heteroatoms. The van der Waals surface area contributed by atoms with E-state index in [0.717, 1.165) is 53.4 Å². The lowest BCUT2D eigenvalue weighted by atomic mass is 9.94. The highest BCUT2D eigenvalue weighted by Crippen LogP contribution is 2.39. The third kappa shape index (κ3) is 5.80. The fourth-order valence-electron chi connectivity index (χ4n) is 4.29. The van der Waals surface area contributed by atoms with Gasteiger partial charge in [0.1, 0.15) is 12.4 Å². The van der Waals surface area contributed by atoms with Crippen LogP contribution in [0.25, 0.3) is 6.08 Å². The minimum absolute atomic E-state index is 0.0352. The Balaban J connectivity index is 1.34. The van der Waals surface area contributed by atoms with Crippen molar-refractivity contribution in [3.05, 3.63) is 80.7 Å². The van der Waals surface area contributed by atoms with Crippen LogP contribution in [0.15, 0.2) is 63.8 Å². The number of amides is 1. The Morgan fingerprint density at radius 2 is 1.91 bits per heavy atom. The molecule has 0 N–H and O–H groups in total. The largest absolute Gasteiger partial charge is 0.489 e. The average Bonchev–Trinajstić information content (AvgIpc) is 3.42. The van der Waals surface area contributed by atoms with Crippen LogP contribution in [-0.2, 0) is 11.4 Å². The lowest BCUT2D eigenvalue weighted by molar-refractivity contribution is -0.124.